The zero-order chi connectivity index (χ0) is 18.0. The number of halogens is 2. The summed E-state index contributed by atoms with van der Waals surface area (Å²) in [5, 5.41) is 3.29. The summed E-state index contributed by atoms with van der Waals surface area (Å²) in [5.74, 6) is -0.603. The first kappa shape index (κ1) is 18.0. The lowest BCUT2D eigenvalue weighted by Gasteiger charge is -2.20. The smallest absolute Gasteiger partial charge is 0.229 e. The van der Waals surface area contributed by atoms with Crippen molar-refractivity contribution in [2.45, 2.75) is 19.8 Å². The first-order valence-electron chi connectivity index (χ1n) is 8.13. The minimum absolute atomic E-state index is 0.0250. The van der Waals surface area contributed by atoms with Gasteiger partial charge in [0.05, 0.1) is 16.6 Å². The second-order valence-corrected chi connectivity index (χ2v) is 7.32. The minimum Gasteiger partial charge on any atom is -0.324 e. The topological polar surface area (TPSA) is 49.4 Å². The lowest BCUT2D eigenvalue weighted by Crippen LogP contribution is -2.28. The summed E-state index contributed by atoms with van der Waals surface area (Å²) in [6, 6.07) is 13.1. The zero-order valence-corrected chi connectivity index (χ0v) is 16.1. The molecule has 2 aromatic carbocycles. The Balaban J connectivity index is 1.74. The standard InChI is InChI=1S/C19H18BrClN2O2/c1-2-12-5-3-4-6-17(12)23-11-13(9-18(23)24)19(25)22-16-8-7-14(20)10-15(16)21/h3-8,10,13H,2,9,11H2,1H3,(H,22,25). The van der Waals surface area contributed by atoms with Crippen molar-refractivity contribution in [1.29, 1.82) is 0 Å². The van der Waals surface area contributed by atoms with Gasteiger partial charge in [0.2, 0.25) is 11.8 Å². The Kier molecular flexibility index (Phi) is 5.45. The summed E-state index contributed by atoms with van der Waals surface area (Å²) < 4.78 is 0.842. The van der Waals surface area contributed by atoms with Crippen molar-refractivity contribution < 1.29 is 9.59 Å². The molecule has 1 saturated heterocycles. The molecule has 1 unspecified atom stereocenters. The van der Waals surface area contributed by atoms with E-state index in [9.17, 15) is 9.59 Å². The normalized spacial score (nSPS) is 17.0. The van der Waals surface area contributed by atoms with Crippen molar-refractivity contribution in [3.8, 4) is 0 Å². The molecule has 1 fully saturated rings. The first-order chi connectivity index (χ1) is 12.0. The summed E-state index contributed by atoms with van der Waals surface area (Å²) in [4.78, 5) is 26.7. The van der Waals surface area contributed by atoms with Crippen molar-refractivity contribution in [3.05, 3.63) is 57.5 Å². The number of carbonyl (C=O) groups excluding carboxylic acids is 2. The van der Waals surface area contributed by atoms with E-state index < -0.39 is 5.92 Å². The number of anilines is 2. The molecule has 0 spiro atoms. The highest BCUT2D eigenvalue weighted by molar-refractivity contribution is 9.10. The molecular weight excluding hydrogens is 404 g/mol. The third-order valence-corrected chi connectivity index (χ3v) is 5.15. The Labute approximate surface area is 160 Å². The second kappa shape index (κ2) is 7.58. The number of rotatable bonds is 4. The molecule has 6 heteroatoms. The van der Waals surface area contributed by atoms with Gasteiger partial charge in [-0.1, -0.05) is 52.7 Å². The van der Waals surface area contributed by atoms with E-state index in [4.69, 9.17) is 11.6 Å². The molecule has 0 aliphatic carbocycles. The summed E-state index contributed by atoms with van der Waals surface area (Å²) in [6.45, 7) is 2.44. The van der Waals surface area contributed by atoms with E-state index in [2.05, 4.69) is 28.2 Å². The Morgan fingerprint density at radius 2 is 2.08 bits per heavy atom. The van der Waals surface area contributed by atoms with Crippen molar-refractivity contribution in [2.75, 3.05) is 16.8 Å². The monoisotopic (exact) mass is 420 g/mol. The molecule has 25 heavy (non-hydrogen) atoms. The van der Waals surface area contributed by atoms with Gasteiger partial charge in [-0.2, -0.15) is 0 Å². The van der Waals surface area contributed by atoms with Crippen molar-refractivity contribution in [2.24, 2.45) is 5.92 Å². The maximum Gasteiger partial charge on any atom is 0.229 e. The third kappa shape index (κ3) is 3.88. The summed E-state index contributed by atoms with van der Waals surface area (Å²) in [7, 11) is 0. The molecule has 0 aromatic heterocycles. The molecule has 2 amide bonds. The molecule has 1 N–H and O–H groups in total. The lowest BCUT2D eigenvalue weighted by atomic mass is 10.1. The zero-order valence-electron chi connectivity index (χ0n) is 13.8. The van der Waals surface area contributed by atoms with E-state index in [1.165, 1.54) is 0 Å². The van der Waals surface area contributed by atoms with Gasteiger partial charge in [0.25, 0.3) is 0 Å². The molecule has 1 heterocycles. The fourth-order valence-corrected chi connectivity index (χ4v) is 3.74. The van der Waals surface area contributed by atoms with Crippen LogP contribution in [0.2, 0.25) is 5.02 Å². The molecule has 0 radical (unpaired) electrons. The van der Waals surface area contributed by atoms with Crippen molar-refractivity contribution in [1.82, 2.24) is 0 Å². The minimum atomic E-state index is -0.392. The van der Waals surface area contributed by atoms with Gasteiger partial charge in [0.1, 0.15) is 0 Å². The first-order valence-corrected chi connectivity index (χ1v) is 9.31. The van der Waals surface area contributed by atoms with Crippen LogP contribution in [0.3, 0.4) is 0 Å². The number of nitrogens with one attached hydrogen (secondary N) is 1. The lowest BCUT2D eigenvalue weighted by molar-refractivity contribution is -0.122. The molecule has 0 saturated carbocycles. The number of nitrogens with zero attached hydrogens (tertiary/aromatic N) is 1. The number of hydrogen-bond acceptors (Lipinski definition) is 2. The van der Waals surface area contributed by atoms with E-state index in [1.807, 2.05) is 30.3 Å². The van der Waals surface area contributed by atoms with Crippen LogP contribution in [0, 0.1) is 5.92 Å². The van der Waals surface area contributed by atoms with Crippen LogP contribution in [0.1, 0.15) is 18.9 Å². The molecule has 2 aromatic rings. The highest BCUT2D eigenvalue weighted by atomic mass is 79.9. The van der Waals surface area contributed by atoms with Crippen LogP contribution in [0.5, 0.6) is 0 Å². The predicted octanol–water partition coefficient (Wildman–Crippen LogP) is 4.66. The number of para-hydroxylation sites is 1. The average Bonchev–Trinajstić information content (AvgIpc) is 2.99. The maximum absolute atomic E-state index is 12.6. The molecule has 0 bridgehead atoms. The molecule has 1 aliphatic rings. The van der Waals surface area contributed by atoms with E-state index >= 15 is 0 Å². The van der Waals surface area contributed by atoms with Crippen LogP contribution >= 0.6 is 27.5 Å². The fraction of sp³-hybridized carbons (Fsp3) is 0.263. The van der Waals surface area contributed by atoms with Crippen LogP contribution in [0.4, 0.5) is 11.4 Å². The molecular formula is C19H18BrClN2O2. The van der Waals surface area contributed by atoms with E-state index in [-0.39, 0.29) is 18.2 Å². The predicted molar refractivity (Wildman–Crippen MR) is 104 cm³/mol. The van der Waals surface area contributed by atoms with Gasteiger partial charge in [0, 0.05) is 23.1 Å². The van der Waals surface area contributed by atoms with Crippen molar-refractivity contribution >= 4 is 50.7 Å². The van der Waals surface area contributed by atoms with E-state index in [0.29, 0.717) is 17.3 Å². The SMILES string of the molecule is CCc1ccccc1N1CC(C(=O)Nc2ccc(Br)cc2Cl)CC1=O. The van der Waals surface area contributed by atoms with Crippen molar-refractivity contribution in [3.63, 3.8) is 0 Å². The van der Waals surface area contributed by atoms with Crippen LogP contribution in [0.15, 0.2) is 46.9 Å². The Hall–Kier alpha value is -1.85. The van der Waals surface area contributed by atoms with Gasteiger partial charge in [-0.3, -0.25) is 9.59 Å². The Morgan fingerprint density at radius 1 is 1.32 bits per heavy atom. The van der Waals surface area contributed by atoms with Crippen LogP contribution in [-0.4, -0.2) is 18.4 Å². The van der Waals surface area contributed by atoms with Gasteiger partial charge < -0.3 is 10.2 Å². The maximum atomic E-state index is 12.6. The van der Waals surface area contributed by atoms with Gasteiger partial charge in [-0.15, -0.1) is 0 Å². The van der Waals surface area contributed by atoms with E-state index in [1.54, 1.807) is 17.0 Å². The van der Waals surface area contributed by atoms with E-state index in [0.717, 1.165) is 22.1 Å². The summed E-state index contributed by atoms with van der Waals surface area (Å²) >= 11 is 9.49. The molecule has 4 nitrogen and oxygen atoms in total. The number of amides is 2. The molecule has 1 aliphatic heterocycles. The summed E-state index contributed by atoms with van der Waals surface area (Å²) in [5.41, 5.74) is 2.55. The molecule has 3 rings (SSSR count). The van der Waals surface area contributed by atoms with Gasteiger partial charge in [0.15, 0.2) is 0 Å². The van der Waals surface area contributed by atoms with Crippen LogP contribution in [-0.2, 0) is 16.0 Å². The van der Waals surface area contributed by atoms with Gasteiger partial charge >= 0.3 is 0 Å². The second-order valence-electron chi connectivity index (χ2n) is 6.00. The molecule has 1 atom stereocenters. The highest BCUT2D eigenvalue weighted by Crippen LogP contribution is 2.30. The van der Waals surface area contributed by atoms with Crippen LogP contribution < -0.4 is 10.2 Å². The summed E-state index contributed by atoms with van der Waals surface area (Å²) in [6.07, 6.45) is 1.04. The number of carbonyl (C=O) groups is 2. The quantitative estimate of drug-likeness (QED) is 0.781. The largest absolute Gasteiger partial charge is 0.324 e. The fourth-order valence-electron chi connectivity index (χ4n) is 3.01. The number of benzene rings is 2. The highest BCUT2D eigenvalue weighted by Gasteiger charge is 2.35. The number of aryl methyl sites for hydroxylation is 1. The number of hydrogen-bond donors (Lipinski definition) is 1. The van der Waals surface area contributed by atoms with Gasteiger partial charge in [-0.25, -0.2) is 0 Å². The van der Waals surface area contributed by atoms with Crippen LogP contribution in [0.25, 0.3) is 0 Å². The molecule has 130 valence electrons. The third-order valence-electron chi connectivity index (χ3n) is 4.35. The Bertz CT molecular complexity index is 825. The average molecular weight is 422 g/mol. The Morgan fingerprint density at radius 3 is 2.80 bits per heavy atom. The van der Waals surface area contributed by atoms with Gasteiger partial charge in [-0.05, 0) is 36.2 Å².